The summed E-state index contributed by atoms with van der Waals surface area (Å²) in [5.74, 6) is -0.998. The molecule has 3 aromatic heterocycles. The zero-order valence-electron chi connectivity index (χ0n) is 17.7. The Balaban J connectivity index is 1.54. The predicted molar refractivity (Wildman–Crippen MR) is 122 cm³/mol. The average molecular weight is 602 g/mol. The lowest BCUT2D eigenvalue weighted by Gasteiger charge is -2.10. The van der Waals surface area contributed by atoms with Crippen molar-refractivity contribution in [2.45, 2.75) is 6.18 Å². The van der Waals surface area contributed by atoms with E-state index >= 15 is 0 Å². The Hall–Kier alpha value is -2.71. The number of hydrogen-bond acceptors (Lipinski definition) is 8. The molecule has 2 N–H and O–H groups in total. The minimum Gasteiger partial charge on any atom is -0.484 e. The van der Waals surface area contributed by atoms with Gasteiger partial charge in [0.05, 0.1) is 20.6 Å². The van der Waals surface area contributed by atoms with Crippen LogP contribution in [0.3, 0.4) is 0 Å². The number of pyridine rings is 1. The smallest absolute Gasteiger partial charge is 0.470 e. The summed E-state index contributed by atoms with van der Waals surface area (Å²) >= 11 is 18.4. The van der Waals surface area contributed by atoms with Gasteiger partial charge in [-0.05, 0) is 12.1 Å². The molecule has 0 unspecified atom stereocenters. The maximum Gasteiger partial charge on any atom is 0.470 e. The van der Waals surface area contributed by atoms with Crippen LogP contribution in [0.1, 0.15) is 5.56 Å². The van der Waals surface area contributed by atoms with Gasteiger partial charge in [-0.15, -0.1) is 0 Å². The second-order valence-corrected chi connectivity index (χ2v) is 9.67. The zero-order chi connectivity index (χ0) is 27.1. The summed E-state index contributed by atoms with van der Waals surface area (Å²) in [4.78, 5) is 37.2. The zero-order valence-corrected chi connectivity index (χ0v) is 20.9. The monoisotopic (exact) mass is 600 g/mol. The van der Waals surface area contributed by atoms with E-state index in [-0.39, 0.29) is 49.4 Å². The van der Waals surface area contributed by atoms with Crippen LogP contribution in [0.5, 0.6) is 5.75 Å². The number of carbonyl (C=O) groups excluding carboxylic acids is 1. The molecule has 0 saturated carbocycles. The number of benzene rings is 1. The Labute approximate surface area is 218 Å². The van der Waals surface area contributed by atoms with Gasteiger partial charge in [0.2, 0.25) is 5.82 Å². The molecule has 196 valence electrons. The number of halogens is 6. The minimum absolute atomic E-state index is 0.0198. The number of alkyl halides is 3. The van der Waals surface area contributed by atoms with Gasteiger partial charge in [-0.1, -0.05) is 40.0 Å². The first kappa shape index (κ1) is 27.3. The highest BCUT2D eigenvalue weighted by Crippen LogP contribution is 2.38. The predicted octanol–water partition coefficient (Wildman–Crippen LogP) is 5.09. The molecule has 0 saturated heterocycles. The summed E-state index contributed by atoms with van der Waals surface area (Å²) < 4.78 is 65.4. The maximum absolute atomic E-state index is 13.1. The van der Waals surface area contributed by atoms with Gasteiger partial charge < -0.3 is 23.4 Å². The number of phosphoric ester groups is 1. The van der Waals surface area contributed by atoms with Gasteiger partial charge in [0.15, 0.2) is 11.4 Å². The molecule has 0 spiro atoms. The first-order valence-electron chi connectivity index (χ1n) is 9.65. The third-order valence-corrected chi connectivity index (χ3v) is 5.88. The van der Waals surface area contributed by atoms with Gasteiger partial charge in [0.1, 0.15) is 24.7 Å². The number of Topliss-reactive ketones (excluding diaryl/α,β-unsaturated/α-hetero) is 1. The molecule has 0 radical (unpaired) electrons. The highest BCUT2D eigenvalue weighted by Gasteiger charge is 2.32. The highest BCUT2D eigenvalue weighted by atomic mass is 35.5. The lowest BCUT2D eigenvalue weighted by Crippen LogP contribution is -2.16. The van der Waals surface area contributed by atoms with Gasteiger partial charge in [0.25, 0.3) is 5.89 Å². The lowest BCUT2D eigenvalue weighted by atomic mass is 10.2. The van der Waals surface area contributed by atoms with Gasteiger partial charge in [-0.25, -0.2) is 9.55 Å². The summed E-state index contributed by atoms with van der Waals surface area (Å²) in [6, 6.07) is 3.30. The molecule has 4 aromatic rings. The fraction of sp³-hybridized carbons (Fsp3) is 0.158. The van der Waals surface area contributed by atoms with Crippen LogP contribution in [0.15, 0.2) is 35.1 Å². The van der Waals surface area contributed by atoms with E-state index in [1.165, 1.54) is 18.3 Å². The van der Waals surface area contributed by atoms with Crippen molar-refractivity contribution in [2.75, 3.05) is 13.2 Å². The van der Waals surface area contributed by atoms with E-state index in [9.17, 15) is 22.5 Å². The van der Waals surface area contributed by atoms with Crippen LogP contribution in [-0.2, 0) is 20.1 Å². The Morgan fingerprint density at radius 2 is 1.78 bits per heavy atom. The molecule has 11 nitrogen and oxygen atoms in total. The number of ether oxygens (including phenoxy) is 1. The summed E-state index contributed by atoms with van der Waals surface area (Å²) in [5, 5.41) is 3.56. The first-order chi connectivity index (χ1) is 17.2. The minimum atomic E-state index is -4.82. The number of nitrogens with zero attached hydrogens (tertiary/aromatic N) is 4. The molecule has 0 aliphatic rings. The van der Waals surface area contributed by atoms with E-state index in [1.807, 2.05) is 0 Å². The van der Waals surface area contributed by atoms with E-state index in [0.29, 0.717) is 0 Å². The van der Waals surface area contributed by atoms with E-state index in [2.05, 4.69) is 19.6 Å². The normalized spacial score (nSPS) is 12.3. The van der Waals surface area contributed by atoms with Crippen molar-refractivity contribution >= 4 is 54.1 Å². The van der Waals surface area contributed by atoms with Crippen LogP contribution in [0.4, 0.5) is 13.2 Å². The van der Waals surface area contributed by atoms with Crippen LogP contribution < -0.4 is 4.74 Å². The Kier molecular flexibility index (Phi) is 7.55. The van der Waals surface area contributed by atoms with Crippen LogP contribution in [0.25, 0.3) is 28.6 Å². The number of phosphoric acid groups is 1. The second kappa shape index (κ2) is 10.2. The van der Waals surface area contributed by atoms with Crippen molar-refractivity contribution < 1.29 is 46.1 Å². The number of hydrogen-bond donors (Lipinski definition) is 2. The maximum atomic E-state index is 13.1. The average Bonchev–Trinajstić information content (AvgIpc) is 3.44. The number of ketones is 1. The third kappa shape index (κ3) is 6.41. The van der Waals surface area contributed by atoms with E-state index in [1.54, 1.807) is 0 Å². The second-order valence-electron chi connectivity index (χ2n) is 7.21. The highest BCUT2D eigenvalue weighted by molar-refractivity contribution is 7.46. The van der Waals surface area contributed by atoms with Crippen molar-refractivity contribution in [3.8, 4) is 28.7 Å². The summed E-state index contributed by atoms with van der Waals surface area (Å²) in [6.45, 7) is -1.50. The molecular weight excluding hydrogens is 591 g/mol. The van der Waals surface area contributed by atoms with E-state index in [0.717, 1.165) is 16.7 Å². The molecule has 37 heavy (non-hydrogen) atoms. The fourth-order valence-corrected chi connectivity index (χ4v) is 3.94. The molecule has 0 fully saturated rings. The summed E-state index contributed by atoms with van der Waals surface area (Å²) in [5.41, 5.74) is -0.711. The van der Waals surface area contributed by atoms with E-state index in [4.69, 9.17) is 53.8 Å². The molecule has 0 amide bonds. The Morgan fingerprint density at radius 3 is 2.46 bits per heavy atom. The van der Waals surface area contributed by atoms with Crippen LogP contribution in [0.2, 0.25) is 15.1 Å². The summed E-state index contributed by atoms with van der Waals surface area (Å²) in [7, 11) is -4.82. The van der Waals surface area contributed by atoms with Gasteiger partial charge >= 0.3 is 14.0 Å². The molecule has 0 aliphatic carbocycles. The molecule has 18 heteroatoms. The quantitative estimate of drug-likeness (QED) is 0.262. The number of imidazole rings is 1. The molecule has 3 heterocycles. The van der Waals surface area contributed by atoms with Gasteiger partial charge in [-0.2, -0.15) is 18.2 Å². The largest absolute Gasteiger partial charge is 0.484 e. The lowest BCUT2D eigenvalue weighted by molar-refractivity contribution is -0.137. The van der Waals surface area contributed by atoms with Crippen LogP contribution in [-0.4, -0.2) is 48.3 Å². The SMILES string of the molecule is O=C(COc1cc(Cl)c(-c2noc(-c3cn4cc(C(F)(F)F)cc(Cl)c4n3)n2)cc1Cl)COP(=O)(O)O. The van der Waals surface area contributed by atoms with Gasteiger partial charge in [-0.3, -0.25) is 9.32 Å². The van der Waals surface area contributed by atoms with E-state index < -0.39 is 38.6 Å². The summed E-state index contributed by atoms with van der Waals surface area (Å²) in [6.07, 6.45) is -2.57. The number of fused-ring (bicyclic) bond motifs is 1. The Bertz CT molecular complexity index is 1550. The van der Waals surface area contributed by atoms with Crippen LogP contribution >= 0.6 is 42.6 Å². The van der Waals surface area contributed by atoms with Crippen molar-refractivity contribution in [1.29, 1.82) is 0 Å². The number of aromatic nitrogens is 4. The fourth-order valence-electron chi connectivity index (χ4n) is 2.92. The molecule has 4 rings (SSSR count). The number of carbonyl (C=O) groups is 1. The molecular formula is C19H11Cl3F3N4O7P. The number of rotatable bonds is 8. The topological polar surface area (TPSA) is 149 Å². The van der Waals surface area contributed by atoms with Crippen molar-refractivity contribution in [3.63, 3.8) is 0 Å². The van der Waals surface area contributed by atoms with Crippen molar-refractivity contribution in [1.82, 2.24) is 19.5 Å². The van der Waals surface area contributed by atoms with Crippen molar-refractivity contribution in [2.24, 2.45) is 0 Å². The molecule has 0 aliphatic heterocycles. The van der Waals surface area contributed by atoms with Gasteiger partial charge in [0, 0.05) is 24.0 Å². The van der Waals surface area contributed by atoms with Crippen LogP contribution in [0, 0.1) is 0 Å². The third-order valence-electron chi connectivity index (χ3n) is 4.52. The van der Waals surface area contributed by atoms with Crippen molar-refractivity contribution in [3.05, 3.63) is 51.2 Å². The molecule has 1 aromatic carbocycles. The first-order valence-corrected chi connectivity index (χ1v) is 12.3. The standard InChI is InChI=1S/C19H11Cl3F3N4O7P/c20-11-3-15(34-6-9(30)7-35-37(31,32)33)12(21)2-10(11)16-27-18(36-28-16)14-5-29-4-8(19(23,24)25)1-13(22)17(29)26-14/h1-5H,6-7H2,(H2,31,32,33). The molecule has 0 bridgehead atoms. The molecule has 0 atom stereocenters. The Morgan fingerprint density at radius 1 is 1.05 bits per heavy atom.